The Balaban J connectivity index is 1.76. The summed E-state index contributed by atoms with van der Waals surface area (Å²) in [6.45, 7) is 1.69. The molecule has 1 fully saturated rings. The maximum atomic E-state index is 15.8. The van der Waals surface area contributed by atoms with Gasteiger partial charge in [0.05, 0.1) is 23.6 Å². The maximum absolute atomic E-state index is 15.8. The molecule has 2 aromatic heterocycles. The van der Waals surface area contributed by atoms with Crippen LogP contribution >= 0.6 is 11.3 Å². The summed E-state index contributed by atoms with van der Waals surface area (Å²) in [6.07, 6.45) is 4.51. The number of pyridine rings is 1. The molecule has 1 N–H and O–H groups in total. The number of carbonyl (C=O) groups is 1. The van der Waals surface area contributed by atoms with Crippen molar-refractivity contribution in [2.24, 2.45) is 0 Å². The molecule has 0 amide bonds. The van der Waals surface area contributed by atoms with Crippen molar-refractivity contribution in [2.75, 3.05) is 6.61 Å². The number of carbonyl (C=O) groups excluding carboxylic acids is 1. The van der Waals surface area contributed by atoms with Gasteiger partial charge in [-0.2, -0.15) is 0 Å². The lowest BCUT2D eigenvalue weighted by Crippen LogP contribution is -2.22. The van der Waals surface area contributed by atoms with Gasteiger partial charge in [0.25, 0.3) is 0 Å². The molecule has 2 heterocycles. The van der Waals surface area contributed by atoms with Crippen molar-refractivity contribution in [3.8, 4) is 10.4 Å². The van der Waals surface area contributed by atoms with E-state index in [2.05, 4.69) is 0 Å². The largest absolute Gasteiger partial charge is 0.462 e. The zero-order chi connectivity index (χ0) is 21.9. The van der Waals surface area contributed by atoms with Gasteiger partial charge in [0.2, 0.25) is 5.43 Å². The molecule has 0 spiro atoms. The molecule has 1 atom stereocenters. The number of benzene rings is 1. The van der Waals surface area contributed by atoms with Gasteiger partial charge in [0, 0.05) is 27.6 Å². The second-order valence-corrected chi connectivity index (χ2v) is 9.21. The van der Waals surface area contributed by atoms with Crippen molar-refractivity contribution in [1.82, 2.24) is 4.57 Å². The molecule has 2 aliphatic carbocycles. The molecule has 0 radical (unpaired) electrons. The first kappa shape index (κ1) is 20.3. The third-order valence-electron chi connectivity index (χ3n) is 5.97. The summed E-state index contributed by atoms with van der Waals surface area (Å²) in [5.41, 5.74) is -0.448. The molecular formula is C23H21F2NO4S. The van der Waals surface area contributed by atoms with E-state index in [9.17, 15) is 14.7 Å². The summed E-state index contributed by atoms with van der Waals surface area (Å²) in [7, 11) is 0. The summed E-state index contributed by atoms with van der Waals surface area (Å²) >= 11 is 1.34. The van der Waals surface area contributed by atoms with Gasteiger partial charge in [-0.05, 0) is 56.7 Å². The lowest BCUT2D eigenvalue weighted by Gasteiger charge is -2.16. The van der Waals surface area contributed by atoms with Gasteiger partial charge >= 0.3 is 5.97 Å². The van der Waals surface area contributed by atoms with Crippen molar-refractivity contribution in [1.29, 1.82) is 0 Å². The van der Waals surface area contributed by atoms with Crippen LogP contribution in [0.15, 0.2) is 23.1 Å². The van der Waals surface area contributed by atoms with E-state index in [1.807, 2.05) is 0 Å². The van der Waals surface area contributed by atoms with E-state index in [0.29, 0.717) is 11.3 Å². The van der Waals surface area contributed by atoms with Gasteiger partial charge in [-0.25, -0.2) is 13.6 Å². The van der Waals surface area contributed by atoms with Crippen LogP contribution in [0.4, 0.5) is 8.78 Å². The van der Waals surface area contributed by atoms with Crippen LogP contribution in [-0.4, -0.2) is 22.2 Å². The van der Waals surface area contributed by atoms with E-state index in [0.717, 1.165) is 42.2 Å². The molecule has 31 heavy (non-hydrogen) atoms. The van der Waals surface area contributed by atoms with Crippen LogP contribution in [0, 0.1) is 11.6 Å². The summed E-state index contributed by atoms with van der Waals surface area (Å²) < 4.78 is 37.5. The third-order valence-corrected chi connectivity index (χ3v) is 7.22. The fourth-order valence-electron chi connectivity index (χ4n) is 4.31. The van der Waals surface area contributed by atoms with Crippen LogP contribution in [-0.2, 0) is 11.2 Å². The number of aliphatic hydroxyl groups is 1. The SMILES string of the molecule is CCOC(=O)c1cn(C2CC2)c2c(F)c(-c3cc4c(s3)CCCC4O)cc(F)c2c1=O. The summed E-state index contributed by atoms with van der Waals surface area (Å²) in [4.78, 5) is 26.7. The highest BCUT2D eigenvalue weighted by Crippen LogP contribution is 2.43. The zero-order valence-electron chi connectivity index (χ0n) is 16.9. The van der Waals surface area contributed by atoms with Crippen LogP contribution in [0.3, 0.4) is 0 Å². The van der Waals surface area contributed by atoms with Gasteiger partial charge in [0.15, 0.2) is 5.82 Å². The van der Waals surface area contributed by atoms with Gasteiger partial charge in [-0.1, -0.05) is 0 Å². The van der Waals surface area contributed by atoms with Crippen molar-refractivity contribution >= 4 is 28.2 Å². The van der Waals surface area contributed by atoms with Crippen LogP contribution < -0.4 is 5.43 Å². The number of hydrogen-bond acceptors (Lipinski definition) is 5. The zero-order valence-corrected chi connectivity index (χ0v) is 17.7. The number of rotatable bonds is 4. The monoisotopic (exact) mass is 445 g/mol. The molecule has 0 aliphatic heterocycles. The fraction of sp³-hybridized carbons (Fsp3) is 0.391. The van der Waals surface area contributed by atoms with Gasteiger partial charge in [-0.15, -0.1) is 11.3 Å². The second kappa shape index (κ2) is 7.53. The number of thiophene rings is 1. The minimum absolute atomic E-state index is 0.0642. The Hall–Kier alpha value is -2.58. The number of ether oxygens (including phenoxy) is 1. The minimum atomic E-state index is -0.871. The van der Waals surface area contributed by atoms with Crippen molar-refractivity contribution in [2.45, 2.75) is 51.2 Å². The van der Waals surface area contributed by atoms with E-state index < -0.39 is 34.5 Å². The predicted octanol–water partition coefficient (Wildman–Crippen LogP) is 4.89. The quantitative estimate of drug-likeness (QED) is 0.581. The molecular weight excluding hydrogens is 424 g/mol. The van der Waals surface area contributed by atoms with Crippen LogP contribution in [0.25, 0.3) is 21.3 Å². The Morgan fingerprint density at radius 2 is 2.06 bits per heavy atom. The van der Waals surface area contributed by atoms with E-state index >= 15 is 8.78 Å². The van der Waals surface area contributed by atoms with Crippen LogP contribution in [0.2, 0.25) is 0 Å². The number of fused-ring (bicyclic) bond motifs is 2. The van der Waals surface area contributed by atoms with Crippen molar-refractivity contribution < 1.29 is 23.4 Å². The first-order valence-corrected chi connectivity index (χ1v) is 11.3. The Labute approximate surface area is 180 Å². The van der Waals surface area contributed by atoms with Gasteiger partial charge in [0.1, 0.15) is 11.4 Å². The Kier molecular flexibility index (Phi) is 4.94. The summed E-state index contributed by atoms with van der Waals surface area (Å²) in [5.74, 6) is -2.40. The Morgan fingerprint density at radius 1 is 1.29 bits per heavy atom. The molecule has 162 valence electrons. The average molecular weight is 445 g/mol. The first-order chi connectivity index (χ1) is 14.9. The summed E-state index contributed by atoms with van der Waals surface area (Å²) in [6, 6.07) is 2.65. The lowest BCUT2D eigenvalue weighted by molar-refractivity contribution is 0.0524. The maximum Gasteiger partial charge on any atom is 0.343 e. The predicted molar refractivity (Wildman–Crippen MR) is 114 cm³/mol. The number of hydrogen-bond donors (Lipinski definition) is 1. The van der Waals surface area contributed by atoms with Gasteiger partial charge in [-0.3, -0.25) is 4.79 Å². The number of halogens is 2. The van der Waals surface area contributed by atoms with E-state index in [1.54, 1.807) is 13.0 Å². The Morgan fingerprint density at radius 3 is 2.74 bits per heavy atom. The molecule has 1 unspecified atom stereocenters. The molecule has 5 nitrogen and oxygen atoms in total. The highest BCUT2D eigenvalue weighted by molar-refractivity contribution is 7.15. The number of esters is 1. The van der Waals surface area contributed by atoms with E-state index in [-0.39, 0.29) is 29.3 Å². The first-order valence-electron chi connectivity index (χ1n) is 10.5. The van der Waals surface area contributed by atoms with Crippen LogP contribution in [0.1, 0.15) is 65.6 Å². The highest BCUT2D eigenvalue weighted by Gasteiger charge is 2.31. The topological polar surface area (TPSA) is 68.5 Å². The molecule has 8 heteroatoms. The molecule has 1 aromatic carbocycles. The fourth-order valence-corrected chi connectivity index (χ4v) is 5.58. The minimum Gasteiger partial charge on any atom is -0.462 e. The van der Waals surface area contributed by atoms with Crippen LogP contribution in [0.5, 0.6) is 0 Å². The molecule has 0 saturated heterocycles. The van der Waals surface area contributed by atoms with Gasteiger partial charge < -0.3 is 14.4 Å². The summed E-state index contributed by atoms with van der Waals surface area (Å²) in [5, 5.41) is 9.82. The number of aromatic nitrogens is 1. The second-order valence-electron chi connectivity index (χ2n) is 8.07. The third kappa shape index (κ3) is 3.29. The van der Waals surface area contributed by atoms with E-state index in [1.165, 1.54) is 22.1 Å². The Bertz CT molecular complexity index is 1280. The molecule has 3 aromatic rings. The van der Waals surface area contributed by atoms with Crippen molar-refractivity contribution in [3.05, 3.63) is 56.2 Å². The van der Waals surface area contributed by atoms with Crippen molar-refractivity contribution in [3.63, 3.8) is 0 Å². The standard InChI is InChI=1S/C23H21F2NO4S/c1-2-30-23(29)14-10-26(11-6-7-11)21-19(22(14)28)15(24)8-13(20(21)25)18-9-12-16(27)4-3-5-17(12)31-18/h8-11,16,27H,2-7H2,1H3. The molecule has 2 aliphatic rings. The molecule has 0 bridgehead atoms. The highest BCUT2D eigenvalue weighted by atomic mass is 32.1. The number of nitrogens with zero attached hydrogens (tertiary/aromatic N) is 1. The van der Waals surface area contributed by atoms with E-state index in [4.69, 9.17) is 4.74 Å². The molecule has 1 saturated carbocycles. The average Bonchev–Trinajstić information content (AvgIpc) is 3.49. The smallest absolute Gasteiger partial charge is 0.343 e. The number of aliphatic hydroxyl groups excluding tert-OH is 1. The lowest BCUT2D eigenvalue weighted by atomic mass is 9.95. The number of aryl methyl sites for hydroxylation is 1. The normalized spacial score (nSPS) is 18.3. The molecule has 5 rings (SSSR count).